The molecule has 0 bridgehead atoms. The lowest BCUT2D eigenvalue weighted by Crippen LogP contribution is -2.27. The van der Waals surface area contributed by atoms with Crippen molar-refractivity contribution < 1.29 is 4.79 Å². The Balaban J connectivity index is 1.67. The molecule has 1 fully saturated rings. The minimum atomic E-state index is -0.0535. The number of carbonyl (C=O) groups excluding carboxylic acids is 1. The van der Waals surface area contributed by atoms with Crippen molar-refractivity contribution in [3.8, 4) is 10.6 Å². The zero-order chi connectivity index (χ0) is 16.5. The molecule has 3 aromatic rings. The Hall–Kier alpha value is -1.70. The van der Waals surface area contributed by atoms with E-state index in [-0.39, 0.29) is 11.3 Å². The van der Waals surface area contributed by atoms with Crippen LogP contribution in [0.15, 0.2) is 59.1 Å². The fourth-order valence-electron chi connectivity index (χ4n) is 2.51. The molecule has 7 heteroatoms. The zero-order valence-electron chi connectivity index (χ0n) is 12.4. The molecule has 1 saturated heterocycles. The maximum atomic E-state index is 12.4. The van der Waals surface area contributed by atoms with Gasteiger partial charge in [0.1, 0.15) is 10.4 Å². The van der Waals surface area contributed by atoms with Crippen molar-refractivity contribution in [1.29, 1.82) is 0 Å². The minimum absolute atomic E-state index is 0.0535. The van der Waals surface area contributed by atoms with Gasteiger partial charge in [-0.1, -0.05) is 69.7 Å². The average Bonchev–Trinajstić information content (AvgIpc) is 3.23. The highest BCUT2D eigenvalue weighted by atomic mass is 79.9. The molecule has 0 aliphatic carbocycles. The molecule has 2 aromatic carbocycles. The van der Waals surface area contributed by atoms with Crippen molar-refractivity contribution in [2.24, 2.45) is 0 Å². The third-order valence-electron chi connectivity index (χ3n) is 3.66. The van der Waals surface area contributed by atoms with Crippen molar-refractivity contribution in [3.05, 3.63) is 64.6 Å². The SMILES string of the molecule is O=C1CSC(c2ccc(Br)cc2)N1c1nnc(-c2ccccc2)s1. The first-order valence-corrected chi connectivity index (χ1v) is 9.96. The molecule has 0 N–H and O–H groups in total. The summed E-state index contributed by atoms with van der Waals surface area (Å²) in [6.45, 7) is 0. The molecular formula is C17H12BrN3OS2. The van der Waals surface area contributed by atoms with E-state index in [2.05, 4.69) is 26.1 Å². The van der Waals surface area contributed by atoms with Crippen LogP contribution in [-0.2, 0) is 4.79 Å². The molecule has 0 saturated carbocycles. The lowest BCUT2D eigenvalue weighted by Gasteiger charge is -2.20. The number of benzene rings is 2. The number of aromatic nitrogens is 2. The Labute approximate surface area is 156 Å². The smallest absolute Gasteiger partial charge is 0.240 e. The van der Waals surface area contributed by atoms with E-state index in [1.54, 1.807) is 16.7 Å². The van der Waals surface area contributed by atoms with E-state index in [0.717, 1.165) is 20.6 Å². The predicted molar refractivity (Wildman–Crippen MR) is 102 cm³/mol. The third kappa shape index (κ3) is 2.99. The normalized spacial score (nSPS) is 17.5. The van der Waals surface area contributed by atoms with Gasteiger partial charge in [0.25, 0.3) is 0 Å². The number of halogens is 1. The standard InChI is InChI=1S/C17H12BrN3OS2/c18-13-8-6-12(7-9-13)16-21(14(22)10-23-16)17-20-19-15(24-17)11-4-2-1-3-5-11/h1-9,16H,10H2. The Morgan fingerprint density at radius 2 is 1.79 bits per heavy atom. The van der Waals surface area contributed by atoms with Crippen LogP contribution in [0, 0.1) is 0 Å². The summed E-state index contributed by atoms with van der Waals surface area (Å²) in [5, 5.41) is 9.96. The van der Waals surface area contributed by atoms with Gasteiger partial charge >= 0.3 is 0 Å². The van der Waals surface area contributed by atoms with Gasteiger partial charge in [0, 0.05) is 10.0 Å². The van der Waals surface area contributed by atoms with E-state index in [9.17, 15) is 4.79 Å². The van der Waals surface area contributed by atoms with Crippen LogP contribution in [0.25, 0.3) is 10.6 Å². The topological polar surface area (TPSA) is 46.1 Å². The maximum Gasteiger partial charge on any atom is 0.240 e. The monoisotopic (exact) mass is 417 g/mol. The number of anilines is 1. The van der Waals surface area contributed by atoms with Crippen LogP contribution < -0.4 is 4.90 Å². The van der Waals surface area contributed by atoms with Crippen LogP contribution in [0.1, 0.15) is 10.9 Å². The van der Waals surface area contributed by atoms with E-state index in [4.69, 9.17) is 0 Å². The molecule has 1 aromatic heterocycles. The molecule has 4 nitrogen and oxygen atoms in total. The van der Waals surface area contributed by atoms with Crippen molar-refractivity contribution >= 4 is 50.1 Å². The van der Waals surface area contributed by atoms with Gasteiger partial charge in [0.15, 0.2) is 0 Å². The van der Waals surface area contributed by atoms with Crippen molar-refractivity contribution in [1.82, 2.24) is 10.2 Å². The molecule has 24 heavy (non-hydrogen) atoms. The fourth-order valence-corrected chi connectivity index (χ4v) is 4.90. The molecule has 2 heterocycles. The van der Waals surface area contributed by atoms with Crippen molar-refractivity contribution in [2.75, 3.05) is 10.7 Å². The van der Waals surface area contributed by atoms with Gasteiger partial charge in [-0.15, -0.1) is 22.0 Å². The van der Waals surface area contributed by atoms with Gasteiger partial charge in [-0.3, -0.25) is 9.69 Å². The van der Waals surface area contributed by atoms with E-state index >= 15 is 0 Å². The van der Waals surface area contributed by atoms with Crippen LogP contribution in [0.2, 0.25) is 0 Å². The first-order chi connectivity index (χ1) is 11.7. The van der Waals surface area contributed by atoms with Gasteiger partial charge in [-0.25, -0.2) is 0 Å². The first kappa shape index (κ1) is 15.8. The Morgan fingerprint density at radius 3 is 2.54 bits per heavy atom. The van der Waals surface area contributed by atoms with Crippen LogP contribution in [-0.4, -0.2) is 21.9 Å². The second kappa shape index (κ2) is 6.66. The van der Waals surface area contributed by atoms with Crippen LogP contribution in [0.4, 0.5) is 5.13 Å². The summed E-state index contributed by atoms with van der Waals surface area (Å²) in [7, 11) is 0. The van der Waals surface area contributed by atoms with Crippen LogP contribution >= 0.6 is 39.0 Å². The van der Waals surface area contributed by atoms with Crippen molar-refractivity contribution in [3.63, 3.8) is 0 Å². The number of carbonyl (C=O) groups is 1. The van der Waals surface area contributed by atoms with E-state index in [0.29, 0.717) is 10.9 Å². The quantitative estimate of drug-likeness (QED) is 0.616. The first-order valence-electron chi connectivity index (χ1n) is 7.30. The Kier molecular flexibility index (Phi) is 4.39. The Morgan fingerprint density at radius 1 is 1.04 bits per heavy atom. The highest BCUT2D eigenvalue weighted by Crippen LogP contribution is 2.43. The van der Waals surface area contributed by atoms with Gasteiger partial charge in [0.05, 0.1) is 5.75 Å². The summed E-state index contributed by atoms with van der Waals surface area (Å²) < 4.78 is 1.02. The second-order valence-electron chi connectivity index (χ2n) is 5.23. The lowest BCUT2D eigenvalue weighted by molar-refractivity contribution is -0.115. The summed E-state index contributed by atoms with van der Waals surface area (Å²) in [6, 6.07) is 18.0. The number of hydrogen-bond donors (Lipinski definition) is 0. The third-order valence-corrected chi connectivity index (χ3v) is 6.38. The summed E-state index contributed by atoms with van der Waals surface area (Å²) in [5.41, 5.74) is 2.10. The second-order valence-corrected chi connectivity index (χ2v) is 8.17. The highest BCUT2D eigenvalue weighted by molar-refractivity contribution is 9.10. The van der Waals surface area contributed by atoms with E-state index in [1.807, 2.05) is 54.6 Å². The average molecular weight is 418 g/mol. The molecule has 1 amide bonds. The maximum absolute atomic E-state index is 12.4. The number of rotatable bonds is 3. The molecule has 4 rings (SSSR count). The van der Waals surface area contributed by atoms with Gasteiger partial charge in [-0.2, -0.15) is 0 Å². The van der Waals surface area contributed by atoms with Crippen LogP contribution in [0.5, 0.6) is 0 Å². The van der Waals surface area contributed by atoms with Gasteiger partial charge < -0.3 is 0 Å². The van der Waals surface area contributed by atoms with Gasteiger partial charge in [-0.05, 0) is 17.7 Å². The number of hydrogen-bond acceptors (Lipinski definition) is 5. The van der Waals surface area contributed by atoms with Gasteiger partial charge in [0.2, 0.25) is 11.0 Å². The number of thioether (sulfide) groups is 1. The predicted octanol–water partition coefficient (Wildman–Crippen LogP) is 4.75. The molecule has 0 radical (unpaired) electrons. The lowest BCUT2D eigenvalue weighted by atomic mass is 10.2. The minimum Gasteiger partial charge on any atom is -0.273 e. The van der Waals surface area contributed by atoms with E-state index < -0.39 is 0 Å². The molecule has 1 aliphatic rings. The number of amides is 1. The summed E-state index contributed by atoms with van der Waals surface area (Å²) in [6.07, 6.45) is 0. The summed E-state index contributed by atoms with van der Waals surface area (Å²) in [5.74, 6) is 0.532. The largest absolute Gasteiger partial charge is 0.273 e. The number of nitrogens with zero attached hydrogens (tertiary/aromatic N) is 3. The molecule has 1 atom stereocenters. The van der Waals surface area contributed by atoms with Crippen LogP contribution in [0.3, 0.4) is 0 Å². The summed E-state index contributed by atoms with van der Waals surface area (Å²) >= 11 is 6.51. The molecule has 120 valence electrons. The Bertz CT molecular complexity index is 867. The molecule has 1 unspecified atom stereocenters. The molecular weight excluding hydrogens is 406 g/mol. The molecule has 0 spiro atoms. The zero-order valence-corrected chi connectivity index (χ0v) is 15.6. The van der Waals surface area contributed by atoms with Crippen molar-refractivity contribution in [2.45, 2.75) is 5.37 Å². The fraction of sp³-hybridized carbons (Fsp3) is 0.118. The molecule has 1 aliphatic heterocycles. The van der Waals surface area contributed by atoms with E-state index in [1.165, 1.54) is 11.3 Å². The highest BCUT2D eigenvalue weighted by Gasteiger charge is 2.36. The summed E-state index contributed by atoms with van der Waals surface area (Å²) in [4.78, 5) is 14.2.